The normalized spacial score (nSPS) is 27.0. The van der Waals surface area contributed by atoms with Crippen LogP contribution in [0.1, 0.15) is 18.4 Å². The van der Waals surface area contributed by atoms with Crippen LogP contribution in [0.4, 0.5) is 0 Å². The molecule has 1 amide bonds. The minimum absolute atomic E-state index is 0.0795. The molecule has 3 atom stereocenters. The minimum Gasteiger partial charge on any atom is -0.352 e. The van der Waals surface area contributed by atoms with E-state index in [0.717, 1.165) is 18.4 Å². The predicted octanol–water partition coefficient (Wildman–Crippen LogP) is 1.16. The zero-order valence-corrected chi connectivity index (χ0v) is 12.3. The van der Waals surface area contributed by atoms with Gasteiger partial charge in [0.25, 0.3) is 0 Å². The zero-order chi connectivity index (χ0) is 15.0. The molecule has 3 N–H and O–H groups in total. The predicted molar refractivity (Wildman–Crippen MR) is 78.5 cm³/mol. The van der Waals surface area contributed by atoms with Crippen LogP contribution >= 0.6 is 0 Å². The van der Waals surface area contributed by atoms with Crippen LogP contribution in [0.5, 0.6) is 0 Å². The van der Waals surface area contributed by atoms with Crippen LogP contribution in [-0.2, 0) is 21.4 Å². The highest BCUT2D eigenvalue weighted by molar-refractivity contribution is 7.89. The van der Waals surface area contributed by atoms with Gasteiger partial charge in [0.2, 0.25) is 15.9 Å². The van der Waals surface area contributed by atoms with E-state index in [1.165, 1.54) is 12.1 Å². The van der Waals surface area contributed by atoms with E-state index in [1.807, 2.05) is 0 Å². The molecular formula is C15H18N2O3S. The second-order valence-electron chi connectivity index (χ2n) is 5.79. The third-order valence-corrected chi connectivity index (χ3v) is 5.26. The van der Waals surface area contributed by atoms with Crippen molar-refractivity contribution in [2.24, 2.45) is 22.9 Å². The summed E-state index contributed by atoms with van der Waals surface area (Å²) in [5.74, 6) is 1.13. The van der Waals surface area contributed by atoms with Crippen molar-refractivity contribution in [2.45, 2.75) is 24.3 Å². The Kier molecular flexibility index (Phi) is 3.59. The van der Waals surface area contributed by atoms with Gasteiger partial charge in [-0.2, -0.15) is 0 Å². The zero-order valence-electron chi connectivity index (χ0n) is 11.5. The molecule has 0 aromatic heterocycles. The molecule has 6 heteroatoms. The topological polar surface area (TPSA) is 89.3 Å². The molecule has 112 valence electrons. The summed E-state index contributed by atoms with van der Waals surface area (Å²) in [6.07, 6.45) is 6.40. The van der Waals surface area contributed by atoms with Gasteiger partial charge >= 0.3 is 0 Å². The average molecular weight is 306 g/mol. The highest BCUT2D eigenvalue weighted by Crippen LogP contribution is 2.43. The molecule has 0 spiro atoms. The molecule has 3 unspecified atom stereocenters. The monoisotopic (exact) mass is 306 g/mol. The van der Waals surface area contributed by atoms with Crippen LogP contribution in [0.25, 0.3) is 0 Å². The van der Waals surface area contributed by atoms with E-state index < -0.39 is 10.0 Å². The first kappa shape index (κ1) is 14.3. The third kappa shape index (κ3) is 3.01. The number of amides is 1. The fraction of sp³-hybridized carbons (Fsp3) is 0.400. The quantitative estimate of drug-likeness (QED) is 0.818. The van der Waals surface area contributed by atoms with Crippen LogP contribution < -0.4 is 10.5 Å². The van der Waals surface area contributed by atoms with Crippen molar-refractivity contribution in [3.8, 4) is 0 Å². The first-order chi connectivity index (χ1) is 9.93. The first-order valence-corrected chi connectivity index (χ1v) is 8.56. The van der Waals surface area contributed by atoms with Crippen molar-refractivity contribution in [1.82, 2.24) is 5.32 Å². The molecule has 2 aliphatic carbocycles. The van der Waals surface area contributed by atoms with Crippen molar-refractivity contribution in [3.05, 3.63) is 42.0 Å². The highest BCUT2D eigenvalue weighted by atomic mass is 32.2. The summed E-state index contributed by atoms with van der Waals surface area (Å²) in [6, 6.07) is 6.25. The van der Waals surface area contributed by atoms with Crippen LogP contribution in [0.3, 0.4) is 0 Å². The summed E-state index contributed by atoms with van der Waals surface area (Å²) in [5.41, 5.74) is 0.856. The molecule has 21 heavy (non-hydrogen) atoms. The maximum Gasteiger partial charge on any atom is 0.238 e. The lowest BCUT2D eigenvalue weighted by molar-refractivity contribution is -0.125. The van der Waals surface area contributed by atoms with Crippen LogP contribution in [0, 0.1) is 17.8 Å². The number of primary sulfonamides is 1. The molecule has 1 aromatic carbocycles. The molecule has 0 radical (unpaired) electrons. The molecule has 0 aliphatic heterocycles. The Hall–Kier alpha value is -1.66. The van der Waals surface area contributed by atoms with Crippen molar-refractivity contribution >= 4 is 15.9 Å². The van der Waals surface area contributed by atoms with Gasteiger partial charge in [0.05, 0.1) is 4.90 Å². The molecule has 0 heterocycles. The highest BCUT2D eigenvalue weighted by Gasteiger charge is 2.39. The lowest BCUT2D eigenvalue weighted by Gasteiger charge is -2.17. The molecule has 1 aromatic rings. The molecule has 2 bridgehead atoms. The van der Waals surface area contributed by atoms with Crippen molar-refractivity contribution in [3.63, 3.8) is 0 Å². The van der Waals surface area contributed by atoms with Gasteiger partial charge in [-0.15, -0.1) is 0 Å². The maximum absolute atomic E-state index is 12.2. The lowest BCUT2D eigenvalue weighted by Crippen LogP contribution is -2.32. The molecule has 1 saturated carbocycles. The van der Waals surface area contributed by atoms with E-state index in [1.54, 1.807) is 12.1 Å². The summed E-state index contributed by atoms with van der Waals surface area (Å²) >= 11 is 0. The van der Waals surface area contributed by atoms with Crippen molar-refractivity contribution in [2.75, 3.05) is 0 Å². The van der Waals surface area contributed by atoms with Gasteiger partial charge < -0.3 is 5.32 Å². The van der Waals surface area contributed by atoms with Crippen LogP contribution in [-0.4, -0.2) is 14.3 Å². The van der Waals surface area contributed by atoms with Crippen molar-refractivity contribution < 1.29 is 13.2 Å². The van der Waals surface area contributed by atoms with Gasteiger partial charge in [-0.05, 0) is 42.4 Å². The second kappa shape index (κ2) is 5.27. The molecule has 0 saturated heterocycles. The number of rotatable bonds is 4. The van der Waals surface area contributed by atoms with E-state index in [-0.39, 0.29) is 16.7 Å². The fourth-order valence-corrected chi connectivity index (χ4v) is 3.71. The molecular weight excluding hydrogens is 288 g/mol. The van der Waals surface area contributed by atoms with Gasteiger partial charge in [-0.25, -0.2) is 13.6 Å². The van der Waals surface area contributed by atoms with E-state index in [9.17, 15) is 13.2 Å². The second-order valence-corrected chi connectivity index (χ2v) is 7.35. The van der Waals surface area contributed by atoms with Crippen LogP contribution in [0.15, 0.2) is 41.3 Å². The SMILES string of the molecule is NS(=O)(=O)c1ccc(CNC(=O)C2CC3C=CC2C3)cc1. The van der Waals surface area contributed by atoms with E-state index in [0.29, 0.717) is 18.4 Å². The van der Waals surface area contributed by atoms with Gasteiger partial charge in [0, 0.05) is 12.5 Å². The smallest absolute Gasteiger partial charge is 0.238 e. The number of allylic oxidation sites excluding steroid dienone is 2. The summed E-state index contributed by atoms with van der Waals surface area (Å²) < 4.78 is 22.3. The molecule has 5 nitrogen and oxygen atoms in total. The van der Waals surface area contributed by atoms with E-state index >= 15 is 0 Å². The number of nitrogens with two attached hydrogens (primary N) is 1. The number of carbonyl (C=O) groups excluding carboxylic acids is 1. The third-order valence-electron chi connectivity index (χ3n) is 4.33. The standard InChI is InChI=1S/C15H18N2O3S/c16-21(19,20)13-5-2-10(3-6-13)9-17-15(18)14-8-11-1-4-12(14)7-11/h1-6,11-12,14H,7-9H2,(H,17,18)(H2,16,19,20). The summed E-state index contributed by atoms with van der Waals surface area (Å²) in [4.78, 5) is 12.3. The Morgan fingerprint density at radius 1 is 1.19 bits per heavy atom. The Morgan fingerprint density at radius 3 is 2.43 bits per heavy atom. The largest absolute Gasteiger partial charge is 0.352 e. The van der Waals surface area contributed by atoms with Gasteiger partial charge in [0.1, 0.15) is 0 Å². The summed E-state index contributed by atoms with van der Waals surface area (Å²) in [6.45, 7) is 0.404. The number of carbonyl (C=O) groups is 1. The van der Waals surface area contributed by atoms with Crippen LogP contribution in [0.2, 0.25) is 0 Å². The Bertz CT molecular complexity index is 679. The number of sulfonamides is 1. The number of benzene rings is 1. The number of hydrogen-bond donors (Lipinski definition) is 2. The molecule has 1 fully saturated rings. The lowest BCUT2D eigenvalue weighted by atomic mass is 9.93. The Morgan fingerprint density at radius 2 is 1.90 bits per heavy atom. The van der Waals surface area contributed by atoms with Gasteiger partial charge in [0.15, 0.2) is 0 Å². The van der Waals surface area contributed by atoms with E-state index in [4.69, 9.17) is 5.14 Å². The van der Waals surface area contributed by atoms with Gasteiger partial charge in [-0.3, -0.25) is 4.79 Å². The fourth-order valence-electron chi connectivity index (χ4n) is 3.20. The Balaban J connectivity index is 1.58. The molecule has 3 rings (SSSR count). The maximum atomic E-state index is 12.2. The Labute approximate surface area is 124 Å². The van der Waals surface area contributed by atoms with E-state index in [2.05, 4.69) is 17.5 Å². The number of fused-ring (bicyclic) bond motifs is 2. The van der Waals surface area contributed by atoms with Crippen molar-refractivity contribution in [1.29, 1.82) is 0 Å². The summed E-state index contributed by atoms with van der Waals surface area (Å²) in [7, 11) is -3.66. The molecule has 2 aliphatic rings. The minimum atomic E-state index is -3.66. The number of nitrogens with one attached hydrogen (secondary N) is 1. The van der Waals surface area contributed by atoms with Gasteiger partial charge in [-0.1, -0.05) is 24.3 Å². The number of hydrogen-bond acceptors (Lipinski definition) is 3. The first-order valence-electron chi connectivity index (χ1n) is 7.01. The average Bonchev–Trinajstić information content (AvgIpc) is 3.07. The summed E-state index contributed by atoms with van der Waals surface area (Å²) in [5, 5.41) is 7.97.